The number of hydrogen-bond acceptors (Lipinski definition) is 4. The molecule has 0 aromatic carbocycles. The molecule has 1 atom stereocenters. The summed E-state index contributed by atoms with van der Waals surface area (Å²) >= 11 is 0. The van der Waals surface area contributed by atoms with Crippen molar-refractivity contribution in [3.05, 3.63) is 0 Å². The van der Waals surface area contributed by atoms with Crippen molar-refractivity contribution in [3.8, 4) is 0 Å². The van der Waals surface area contributed by atoms with Crippen LogP contribution in [0.4, 0.5) is 4.79 Å². The van der Waals surface area contributed by atoms with Gasteiger partial charge in [0.05, 0.1) is 0 Å². The number of amides is 4. The molecular formula is C8H11N3O3. The topological polar surface area (TPSA) is 101 Å². The van der Waals surface area contributed by atoms with Crippen LogP contribution in [0.3, 0.4) is 0 Å². The van der Waals surface area contributed by atoms with Crippen molar-refractivity contribution in [3.63, 3.8) is 0 Å². The Hall–Kier alpha value is -1.43. The number of carbonyl (C=O) groups is 3. The maximum atomic E-state index is 11.5. The molecule has 0 aromatic heterocycles. The van der Waals surface area contributed by atoms with Crippen LogP contribution in [0.25, 0.3) is 0 Å². The number of nitrogens with two attached hydrogens (primary N) is 1. The van der Waals surface area contributed by atoms with Gasteiger partial charge in [0.15, 0.2) is 0 Å². The number of rotatable bonds is 0. The number of hydrogen-bond donors (Lipinski definition) is 3. The average molecular weight is 197 g/mol. The number of carbonyl (C=O) groups excluding carboxylic acids is 3. The van der Waals surface area contributed by atoms with Gasteiger partial charge in [-0.2, -0.15) is 0 Å². The first kappa shape index (κ1) is 9.14. The lowest BCUT2D eigenvalue weighted by Crippen LogP contribution is -2.61. The Balaban J connectivity index is 2.29. The van der Waals surface area contributed by atoms with Gasteiger partial charge in [0.1, 0.15) is 5.41 Å². The highest BCUT2D eigenvalue weighted by Crippen LogP contribution is 2.39. The zero-order chi connectivity index (χ0) is 10.3. The van der Waals surface area contributed by atoms with E-state index in [0.29, 0.717) is 19.3 Å². The second-order valence-electron chi connectivity index (χ2n) is 3.82. The standard InChI is InChI=1S/C8H11N3O3/c9-4-1-2-8(3-4)5(12)10-7(14)11-6(8)13/h4H,1-3,9H2,(H2,10,11,12,13,14). The van der Waals surface area contributed by atoms with E-state index in [4.69, 9.17) is 5.73 Å². The molecule has 1 spiro atoms. The van der Waals surface area contributed by atoms with Gasteiger partial charge in [-0.15, -0.1) is 0 Å². The highest BCUT2D eigenvalue weighted by molar-refractivity contribution is 6.19. The van der Waals surface area contributed by atoms with Gasteiger partial charge >= 0.3 is 6.03 Å². The first-order valence-corrected chi connectivity index (χ1v) is 4.47. The van der Waals surface area contributed by atoms with Crippen molar-refractivity contribution in [2.45, 2.75) is 25.3 Å². The molecule has 14 heavy (non-hydrogen) atoms. The molecule has 2 fully saturated rings. The molecule has 0 aromatic rings. The van der Waals surface area contributed by atoms with Gasteiger partial charge < -0.3 is 5.73 Å². The average Bonchev–Trinajstić information content (AvgIpc) is 2.46. The number of urea groups is 1. The third-order valence-corrected chi connectivity index (χ3v) is 2.88. The predicted octanol–water partition coefficient (Wildman–Crippen LogP) is -1.15. The summed E-state index contributed by atoms with van der Waals surface area (Å²) in [6.45, 7) is 0. The molecule has 76 valence electrons. The Morgan fingerprint density at radius 2 is 1.79 bits per heavy atom. The zero-order valence-electron chi connectivity index (χ0n) is 7.50. The molecule has 6 nitrogen and oxygen atoms in total. The van der Waals surface area contributed by atoms with Gasteiger partial charge in [-0.05, 0) is 19.3 Å². The fourth-order valence-corrected chi connectivity index (χ4v) is 2.08. The van der Waals surface area contributed by atoms with E-state index in [9.17, 15) is 14.4 Å². The monoisotopic (exact) mass is 197 g/mol. The summed E-state index contributed by atoms with van der Waals surface area (Å²) in [6, 6.07) is -0.884. The second-order valence-corrected chi connectivity index (χ2v) is 3.82. The fraction of sp³-hybridized carbons (Fsp3) is 0.625. The van der Waals surface area contributed by atoms with Crippen molar-refractivity contribution < 1.29 is 14.4 Å². The van der Waals surface area contributed by atoms with Gasteiger partial charge in [0.25, 0.3) is 0 Å². The maximum absolute atomic E-state index is 11.5. The predicted molar refractivity (Wildman–Crippen MR) is 45.9 cm³/mol. The van der Waals surface area contributed by atoms with Crippen molar-refractivity contribution in [1.29, 1.82) is 0 Å². The van der Waals surface area contributed by atoms with E-state index in [1.54, 1.807) is 0 Å². The highest BCUT2D eigenvalue weighted by Gasteiger charge is 2.53. The molecule has 1 unspecified atom stereocenters. The largest absolute Gasteiger partial charge is 0.328 e. The SMILES string of the molecule is NC1CCC2(C1)C(=O)NC(=O)NC2=O. The van der Waals surface area contributed by atoms with Crippen LogP contribution in [-0.4, -0.2) is 23.9 Å². The van der Waals surface area contributed by atoms with Crippen LogP contribution in [-0.2, 0) is 9.59 Å². The second kappa shape index (κ2) is 2.78. The van der Waals surface area contributed by atoms with Crippen LogP contribution in [0.2, 0.25) is 0 Å². The molecule has 2 rings (SSSR count). The molecule has 0 radical (unpaired) electrons. The summed E-state index contributed by atoms with van der Waals surface area (Å²) in [4.78, 5) is 33.9. The normalized spacial score (nSPS) is 30.4. The minimum atomic E-state index is -1.10. The molecule has 1 heterocycles. The third-order valence-electron chi connectivity index (χ3n) is 2.88. The smallest absolute Gasteiger partial charge is 0.328 e. The van der Waals surface area contributed by atoms with Crippen LogP contribution in [0, 0.1) is 5.41 Å². The molecule has 1 saturated carbocycles. The maximum Gasteiger partial charge on any atom is 0.328 e. The summed E-state index contributed by atoms with van der Waals surface area (Å²) < 4.78 is 0. The van der Waals surface area contributed by atoms with E-state index in [1.165, 1.54) is 0 Å². The molecular weight excluding hydrogens is 186 g/mol. The molecule has 4 N–H and O–H groups in total. The Labute approximate surface area is 80.2 Å². The van der Waals surface area contributed by atoms with Gasteiger partial charge in [-0.3, -0.25) is 20.2 Å². The van der Waals surface area contributed by atoms with E-state index in [0.717, 1.165) is 0 Å². The number of barbiturate groups is 1. The lowest BCUT2D eigenvalue weighted by molar-refractivity contribution is -0.144. The lowest BCUT2D eigenvalue weighted by Gasteiger charge is -2.29. The van der Waals surface area contributed by atoms with Gasteiger partial charge in [-0.25, -0.2) is 4.79 Å². The summed E-state index contributed by atoms with van der Waals surface area (Å²) in [5.41, 5.74) is 4.55. The van der Waals surface area contributed by atoms with Crippen LogP contribution in [0.5, 0.6) is 0 Å². The van der Waals surface area contributed by atoms with E-state index in [-0.39, 0.29) is 6.04 Å². The summed E-state index contributed by atoms with van der Waals surface area (Å²) in [7, 11) is 0. The van der Waals surface area contributed by atoms with E-state index < -0.39 is 23.3 Å². The fourth-order valence-electron chi connectivity index (χ4n) is 2.08. The molecule has 1 aliphatic carbocycles. The Bertz CT molecular complexity index is 306. The molecule has 1 saturated heterocycles. The molecule has 6 heteroatoms. The minimum absolute atomic E-state index is 0.139. The quantitative estimate of drug-likeness (QED) is 0.427. The van der Waals surface area contributed by atoms with Crippen molar-refractivity contribution in [1.82, 2.24) is 10.6 Å². The summed E-state index contributed by atoms with van der Waals surface area (Å²) in [6.07, 6.45) is 1.37. The van der Waals surface area contributed by atoms with E-state index in [1.807, 2.05) is 0 Å². The lowest BCUT2D eigenvalue weighted by atomic mass is 9.82. The van der Waals surface area contributed by atoms with Crippen LogP contribution in [0.15, 0.2) is 0 Å². The first-order valence-electron chi connectivity index (χ1n) is 4.47. The van der Waals surface area contributed by atoms with Crippen LogP contribution in [0.1, 0.15) is 19.3 Å². The first-order chi connectivity index (χ1) is 6.54. The molecule has 2 aliphatic rings. The van der Waals surface area contributed by atoms with Crippen LogP contribution < -0.4 is 16.4 Å². The Morgan fingerprint density at radius 3 is 2.21 bits per heavy atom. The van der Waals surface area contributed by atoms with E-state index in [2.05, 4.69) is 10.6 Å². The van der Waals surface area contributed by atoms with Gasteiger partial charge in [0.2, 0.25) is 11.8 Å². The Morgan fingerprint density at radius 1 is 1.21 bits per heavy atom. The number of imide groups is 2. The minimum Gasteiger partial charge on any atom is -0.328 e. The summed E-state index contributed by atoms with van der Waals surface area (Å²) in [5.74, 6) is -1.03. The molecule has 1 aliphatic heterocycles. The summed E-state index contributed by atoms with van der Waals surface area (Å²) in [5, 5.41) is 4.20. The van der Waals surface area contributed by atoms with Gasteiger partial charge in [0, 0.05) is 6.04 Å². The Kier molecular flexibility index (Phi) is 1.81. The van der Waals surface area contributed by atoms with Crippen molar-refractivity contribution in [2.75, 3.05) is 0 Å². The van der Waals surface area contributed by atoms with Crippen molar-refractivity contribution >= 4 is 17.8 Å². The third kappa shape index (κ3) is 1.11. The molecule has 4 amide bonds. The number of nitrogens with one attached hydrogen (secondary N) is 2. The van der Waals surface area contributed by atoms with Crippen LogP contribution >= 0.6 is 0 Å². The molecule has 0 bridgehead atoms. The highest BCUT2D eigenvalue weighted by atomic mass is 16.2. The van der Waals surface area contributed by atoms with Gasteiger partial charge in [-0.1, -0.05) is 0 Å². The van der Waals surface area contributed by atoms with E-state index >= 15 is 0 Å². The zero-order valence-corrected chi connectivity index (χ0v) is 7.50. The van der Waals surface area contributed by atoms with Crippen molar-refractivity contribution in [2.24, 2.45) is 11.1 Å².